The van der Waals surface area contributed by atoms with E-state index in [0.29, 0.717) is 0 Å². The largest absolute Gasteiger partial charge is 0.115 e. The van der Waals surface area contributed by atoms with Gasteiger partial charge in [0, 0.05) is 0 Å². The van der Waals surface area contributed by atoms with Crippen LogP contribution in [-0.2, 0) is 25.7 Å². The van der Waals surface area contributed by atoms with Gasteiger partial charge in [0.15, 0.2) is 0 Å². The molecule has 0 aromatic heterocycles. The molecule has 0 saturated heterocycles. The maximum absolute atomic E-state index is 2.79. The quantitative estimate of drug-likeness (QED) is 0.176. The predicted molar refractivity (Wildman–Crippen MR) is 196 cm³/mol. The molecule has 0 amide bonds. The standard InChI is InChI=1S/C44H48Si/c1-3-31-15-5-11-23-39(31)41-25-13-17-33-27-37(29-43(33)41)45(35-19-7-8-20-35,36-21-9-10-22-36)38-28-34-18-14-26-42(44(34)30-38)40-24-12-6-16-32(40)4-2/h5-6,11-18,23-26,29-30,35-36H,3-4,7-10,19-22,27-28H2,1-2H3. The van der Waals surface area contributed by atoms with Crippen molar-refractivity contribution in [1.82, 2.24) is 0 Å². The van der Waals surface area contributed by atoms with Gasteiger partial charge in [-0.3, -0.25) is 0 Å². The van der Waals surface area contributed by atoms with E-state index >= 15 is 0 Å². The molecule has 4 aromatic carbocycles. The van der Waals surface area contributed by atoms with Crippen molar-refractivity contribution >= 4 is 20.2 Å². The van der Waals surface area contributed by atoms with Gasteiger partial charge in [-0.25, -0.2) is 0 Å². The highest BCUT2D eigenvalue weighted by molar-refractivity contribution is 6.96. The molecule has 0 bridgehead atoms. The fraction of sp³-hybridized carbons (Fsp3) is 0.364. The molecule has 0 nitrogen and oxygen atoms in total. The van der Waals surface area contributed by atoms with Gasteiger partial charge in [-0.2, -0.15) is 0 Å². The van der Waals surface area contributed by atoms with E-state index in [1.807, 2.05) is 10.4 Å². The number of allylic oxidation sites excluding steroid dienone is 2. The average Bonchev–Trinajstić information content (AvgIpc) is 3.92. The van der Waals surface area contributed by atoms with E-state index in [1.54, 1.807) is 11.1 Å². The lowest BCUT2D eigenvalue weighted by Crippen LogP contribution is -2.48. The third kappa shape index (κ3) is 4.76. The summed E-state index contributed by atoms with van der Waals surface area (Å²) in [7, 11) is -2.03. The maximum atomic E-state index is 2.79. The fourth-order valence-corrected chi connectivity index (χ4v) is 17.8. The minimum atomic E-state index is -2.03. The molecule has 1 heteroatoms. The van der Waals surface area contributed by atoms with Crippen LogP contribution in [0.15, 0.2) is 95.3 Å². The van der Waals surface area contributed by atoms with E-state index in [9.17, 15) is 0 Å². The Kier molecular flexibility index (Phi) is 7.78. The van der Waals surface area contributed by atoms with E-state index in [2.05, 4.69) is 111 Å². The Bertz CT molecular complexity index is 1660. The molecule has 45 heavy (non-hydrogen) atoms. The third-order valence-electron chi connectivity index (χ3n) is 12.2. The van der Waals surface area contributed by atoms with Gasteiger partial charge < -0.3 is 0 Å². The van der Waals surface area contributed by atoms with Crippen LogP contribution in [0.3, 0.4) is 0 Å². The molecule has 0 N–H and O–H groups in total. The average molecular weight is 605 g/mol. The molecule has 4 aromatic rings. The Morgan fingerprint density at radius 3 is 1.31 bits per heavy atom. The molecule has 4 aliphatic carbocycles. The molecule has 8 rings (SSSR count). The highest BCUT2D eigenvalue weighted by atomic mass is 28.3. The van der Waals surface area contributed by atoms with Crippen LogP contribution in [0.5, 0.6) is 0 Å². The summed E-state index contributed by atoms with van der Waals surface area (Å²) in [6, 6.07) is 32.7. The molecule has 0 aliphatic heterocycles. The summed E-state index contributed by atoms with van der Waals surface area (Å²) in [5.74, 6) is 0. The first-order valence-corrected chi connectivity index (χ1v) is 20.2. The molecule has 228 valence electrons. The van der Waals surface area contributed by atoms with Crippen LogP contribution < -0.4 is 0 Å². The maximum Gasteiger partial charge on any atom is 0.115 e. The molecule has 0 spiro atoms. The summed E-state index contributed by atoms with van der Waals surface area (Å²) < 4.78 is 0. The summed E-state index contributed by atoms with van der Waals surface area (Å²) in [6.45, 7) is 4.61. The second kappa shape index (κ2) is 12.1. The summed E-state index contributed by atoms with van der Waals surface area (Å²) in [4.78, 5) is 0. The number of hydrogen-bond donors (Lipinski definition) is 0. The van der Waals surface area contributed by atoms with E-state index in [-0.39, 0.29) is 0 Å². The number of hydrogen-bond acceptors (Lipinski definition) is 0. The van der Waals surface area contributed by atoms with Crippen LogP contribution in [0, 0.1) is 0 Å². The third-order valence-corrected chi connectivity index (χ3v) is 18.7. The van der Waals surface area contributed by atoms with Gasteiger partial charge in [-0.15, -0.1) is 0 Å². The first kappa shape index (κ1) is 29.0. The van der Waals surface area contributed by atoms with Gasteiger partial charge in [0.25, 0.3) is 0 Å². The molecular formula is C44H48Si. The van der Waals surface area contributed by atoms with Crippen LogP contribution in [0.1, 0.15) is 98.6 Å². The number of aryl methyl sites for hydroxylation is 2. The van der Waals surface area contributed by atoms with Crippen LogP contribution >= 0.6 is 0 Å². The summed E-state index contributed by atoms with van der Waals surface area (Å²) in [6.07, 6.45) is 21.6. The summed E-state index contributed by atoms with van der Waals surface area (Å²) in [5, 5.41) is 3.76. The molecule has 0 heterocycles. The van der Waals surface area contributed by atoms with Crippen molar-refractivity contribution in [1.29, 1.82) is 0 Å². The van der Waals surface area contributed by atoms with Crippen LogP contribution in [0.2, 0.25) is 11.1 Å². The lowest BCUT2D eigenvalue weighted by atomic mass is 9.93. The SMILES string of the molecule is CCc1ccccc1-c1cccc2c1C=C([Si](C1=Cc3c(cccc3-c3ccccc3CC)C1)(C1CCCC1)C1CCCC1)C2. The van der Waals surface area contributed by atoms with Crippen molar-refractivity contribution in [3.63, 3.8) is 0 Å². The zero-order valence-corrected chi connectivity index (χ0v) is 28.4. The predicted octanol–water partition coefficient (Wildman–Crippen LogP) is 12.1. The summed E-state index contributed by atoms with van der Waals surface area (Å²) >= 11 is 0. The molecule has 0 atom stereocenters. The minimum Gasteiger partial charge on any atom is -0.0704 e. The highest BCUT2D eigenvalue weighted by Gasteiger charge is 2.55. The topological polar surface area (TPSA) is 0 Å². The number of benzene rings is 4. The lowest BCUT2D eigenvalue weighted by Gasteiger charge is -2.45. The fourth-order valence-electron chi connectivity index (χ4n) is 10.3. The number of rotatable bonds is 8. The smallest absolute Gasteiger partial charge is 0.0704 e. The van der Waals surface area contributed by atoms with E-state index in [4.69, 9.17) is 0 Å². The zero-order chi connectivity index (χ0) is 30.4. The van der Waals surface area contributed by atoms with Crippen LogP contribution in [-0.4, -0.2) is 8.07 Å². The van der Waals surface area contributed by atoms with E-state index in [0.717, 1.165) is 23.9 Å². The Labute approximate surface area is 272 Å². The van der Waals surface area contributed by atoms with Crippen molar-refractivity contribution in [2.24, 2.45) is 0 Å². The zero-order valence-electron chi connectivity index (χ0n) is 27.4. The van der Waals surface area contributed by atoms with E-state index in [1.165, 1.54) is 109 Å². The van der Waals surface area contributed by atoms with Crippen molar-refractivity contribution in [2.45, 2.75) is 102 Å². The van der Waals surface area contributed by atoms with Crippen molar-refractivity contribution in [2.75, 3.05) is 0 Å². The van der Waals surface area contributed by atoms with Crippen molar-refractivity contribution < 1.29 is 0 Å². The second-order valence-electron chi connectivity index (χ2n) is 14.3. The van der Waals surface area contributed by atoms with Gasteiger partial charge in [0.2, 0.25) is 0 Å². The van der Waals surface area contributed by atoms with Gasteiger partial charge >= 0.3 is 0 Å². The first-order chi connectivity index (χ1) is 22.2. The monoisotopic (exact) mass is 604 g/mol. The molecule has 2 saturated carbocycles. The van der Waals surface area contributed by atoms with Crippen LogP contribution in [0.25, 0.3) is 34.4 Å². The van der Waals surface area contributed by atoms with Gasteiger partial charge in [0.05, 0.1) is 0 Å². The van der Waals surface area contributed by atoms with Gasteiger partial charge in [0.1, 0.15) is 8.07 Å². The van der Waals surface area contributed by atoms with Crippen molar-refractivity contribution in [3.05, 3.63) is 129 Å². The molecule has 4 aliphatic rings. The molecule has 0 unspecified atom stereocenters. The van der Waals surface area contributed by atoms with Gasteiger partial charge in [-0.1, -0.05) is 173 Å². The van der Waals surface area contributed by atoms with Gasteiger partial charge in [-0.05, 0) is 92.4 Å². The Balaban J connectivity index is 1.32. The normalized spacial score (nSPS) is 18.3. The Morgan fingerprint density at radius 1 is 0.489 bits per heavy atom. The molecule has 0 radical (unpaired) electrons. The van der Waals surface area contributed by atoms with Crippen LogP contribution in [0.4, 0.5) is 0 Å². The molecule has 2 fully saturated rings. The number of fused-ring (bicyclic) bond motifs is 2. The minimum absolute atomic E-state index is 0.888. The van der Waals surface area contributed by atoms with E-state index < -0.39 is 8.07 Å². The Hall–Kier alpha value is -3.42. The highest BCUT2D eigenvalue weighted by Crippen LogP contribution is 2.60. The summed E-state index contributed by atoms with van der Waals surface area (Å²) in [5.41, 5.74) is 16.7. The first-order valence-electron chi connectivity index (χ1n) is 18.0. The Morgan fingerprint density at radius 2 is 0.889 bits per heavy atom. The van der Waals surface area contributed by atoms with Crippen molar-refractivity contribution in [3.8, 4) is 22.3 Å². The lowest BCUT2D eigenvalue weighted by molar-refractivity contribution is 0.749. The second-order valence-corrected chi connectivity index (χ2v) is 19.0. The molecular weight excluding hydrogens is 557 g/mol.